The van der Waals surface area contributed by atoms with Gasteiger partial charge in [0.25, 0.3) is 0 Å². The zero-order valence-electron chi connectivity index (χ0n) is 12.7. The first-order valence-corrected chi connectivity index (χ1v) is 7.27. The molecule has 0 aliphatic carbocycles. The number of nitrogens with zero attached hydrogens (tertiary/aromatic N) is 2. The van der Waals surface area contributed by atoms with Gasteiger partial charge in [-0.25, -0.2) is 0 Å². The number of hydrogen-bond acceptors (Lipinski definition) is 5. The van der Waals surface area contributed by atoms with Crippen molar-refractivity contribution in [3.8, 4) is 11.5 Å². The highest BCUT2D eigenvalue weighted by Crippen LogP contribution is 2.28. The molecule has 5 heteroatoms. The van der Waals surface area contributed by atoms with Gasteiger partial charge in [0.05, 0.1) is 19.9 Å². The van der Waals surface area contributed by atoms with E-state index in [-0.39, 0.29) is 0 Å². The zero-order valence-corrected chi connectivity index (χ0v) is 12.7. The number of methoxy groups -OCH3 is 2. The van der Waals surface area contributed by atoms with Crippen LogP contribution in [-0.4, -0.2) is 50.3 Å². The monoisotopic (exact) mass is 279 g/mol. The second kappa shape index (κ2) is 7.45. The van der Waals surface area contributed by atoms with Crippen molar-refractivity contribution in [1.82, 2.24) is 15.2 Å². The third-order valence-electron chi connectivity index (χ3n) is 3.91. The van der Waals surface area contributed by atoms with Crippen LogP contribution in [0.3, 0.4) is 0 Å². The predicted molar refractivity (Wildman–Crippen MR) is 79.3 cm³/mol. The Bertz CT molecular complexity index is 426. The summed E-state index contributed by atoms with van der Waals surface area (Å²) in [6, 6.07) is 1.82. The zero-order chi connectivity index (χ0) is 14.4. The second-order valence-corrected chi connectivity index (χ2v) is 5.17. The first-order chi connectivity index (χ1) is 9.78. The largest absolute Gasteiger partial charge is 0.493 e. The minimum absolute atomic E-state index is 0.711. The number of pyridine rings is 1. The summed E-state index contributed by atoms with van der Waals surface area (Å²) in [6.07, 6.45) is 3.04. The molecule has 1 aromatic heterocycles. The van der Waals surface area contributed by atoms with E-state index in [0.717, 1.165) is 36.2 Å². The molecule has 1 aliphatic rings. The van der Waals surface area contributed by atoms with Gasteiger partial charge in [-0.05, 0) is 32.0 Å². The molecule has 5 nitrogen and oxygen atoms in total. The van der Waals surface area contributed by atoms with E-state index in [4.69, 9.17) is 9.47 Å². The van der Waals surface area contributed by atoms with Crippen molar-refractivity contribution in [2.75, 3.05) is 40.4 Å². The Kier molecular flexibility index (Phi) is 5.61. The fourth-order valence-electron chi connectivity index (χ4n) is 2.74. The van der Waals surface area contributed by atoms with Gasteiger partial charge in [-0.2, -0.15) is 0 Å². The fourth-order valence-corrected chi connectivity index (χ4v) is 2.74. The molecule has 20 heavy (non-hydrogen) atoms. The van der Waals surface area contributed by atoms with E-state index in [1.807, 2.05) is 6.07 Å². The maximum atomic E-state index is 5.39. The van der Waals surface area contributed by atoms with Crippen molar-refractivity contribution in [2.24, 2.45) is 5.92 Å². The quantitative estimate of drug-likeness (QED) is 0.820. The van der Waals surface area contributed by atoms with Gasteiger partial charge in [0.15, 0.2) is 11.5 Å². The molecule has 0 amide bonds. The Morgan fingerprint density at radius 2 is 2.25 bits per heavy atom. The van der Waals surface area contributed by atoms with Crippen molar-refractivity contribution in [1.29, 1.82) is 0 Å². The molecule has 1 atom stereocenters. The molecular formula is C15H25N3O2. The molecule has 1 aromatic rings. The Balaban J connectivity index is 1.85. The Hall–Kier alpha value is -1.33. The van der Waals surface area contributed by atoms with Crippen LogP contribution in [0.1, 0.15) is 19.0 Å². The maximum absolute atomic E-state index is 5.39. The maximum Gasteiger partial charge on any atom is 0.183 e. The van der Waals surface area contributed by atoms with Crippen molar-refractivity contribution >= 4 is 0 Å². The van der Waals surface area contributed by atoms with Gasteiger partial charge < -0.3 is 19.7 Å². The molecule has 1 saturated heterocycles. The first kappa shape index (κ1) is 15.1. The topological polar surface area (TPSA) is 46.6 Å². The van der Waals surface area contributed by atoms with Gasteiger partial charge in [0.1, 0.15) is 0 Å². The molecule has 0 spiro atoms. The number of likely N-dealkylation sites (tertiary alicyclic amines) is 1. The van der Waals surface area contributed by atoms with Crippen LogP contribution < -0.4 is 14.8 Å². The van der Waals surface area contributed by atoms with Crippen LogP contribution in [0.15, 0.2) is 12.3 Å². The van der Waals surface area contributed by atoms with Gasteiger partial charge in [0, 0.05) is 25.4 Å². The van der Waals surface area contributed by atoms with Gasteiger partial charge in [-0.3, -0.25) is 4.98 Å². The van der Waals surface area contributed by atoms with Crippen LogP contribution in [0, 0.1) is 5.92 Å². The smallest absolute Gasteiger partial charge is 0.183 e. The van der Waals surface area contributed by atoms with Crippen LogP contribution in [0.4, 0.5) is 0 Å². The number of ether oxygens (including phenoxy) is 2. The van der Waals surface area contributed by atoms with E-state index in [1.165, 1.54) is 19.5 Å². The van der Waals surface area contributed by atoms with Crippen molar-refractivity contribution in [3.05, 3.63) is 18.0 Å². The highest BCUT2D eigenvalue weighted by Gasteiger charge is 2.20. The minimum Gasteiger partial charge on any atom is -0.493 e. The third kappa shape index (κ3) is 3.61. The molecular weight excluding hydrogens is 254 g/mol. The summed E-state index contributed by atoms with van der Waals surface area (Å²) < 4.78 is 10.7. The molecule has 112 valence electrons. The molecule has 1 N–H and O–H groups in total. The van der Waals surface area contributed by atoms with E-state index in [1.54, 1.807) is 20.4 Å². The Morgan fingerprint density at radius 1 is 1.40 bits per heavy atom. The lowest BCUT2D eigenvalue weighted by atomic mass is 10.1. The Labute approximate surface area is 121 Å². The summed E-state index contributed by atoms with van der Waals surface area (Å²) in [5.41, 5.74) is 0.900. The molecule has 2 heterocycles. The molecule has 1 aliphatic heterocycles. The lowest BCUT2D eigenvalue weighted by Gasteiger charge is -2.15. The lowest BCUT2D eigenvalue weighted by Crippen LogP contribution is -2.26. The lowest BCUT2D eigenvalue weighted by molar-refractivity contribution is 0.336. The van der Waals surface area contributed by atoms with Gasteiger partial charge in [-0.15, -0.1) is 0 Å². The second-order valence-electron chi connectivity index (χ2n) is 5.17. The number of nitrogens with one attached hydrogen (secondary N) is 1. The van der Waals surface area contributed by atoms with E-state index < -0.39 is 0 Å². The van der Waals surface area contributed by atoms with Gasteiger partial charge in [0.2, 0.25) is 0 Å². The summed E-state index contributed by atoms with van der Waals surface area (Å²) >= 11 is 0. The average molecular weight is 279 g/mol. The van der Waals surface area contributed by atoms with Crippen LogP contribution in [0.5, 0.6) is 11.5 Å². The van der Waals surface area contributed by atoms with Crippen LogP contribution in [-0.2, 0) is 6.54 Å². The van der Waals surface area contributed by atoms with Crippen LogP contribution in [0.25, 0.3) is 0 Å². The Morgan fingerprint density at radius 3 is 2.90 bits per heavy atom. The number of hydrogen-bond donors (Lipinski definition) is 1. The van der Waals surface area contributed by atoms with Crippen molar-refractivity contribution in [2.45, 2.75) is 19.9 Å². The van der Waals surface area contributed by atoms with E-state index >= 15 is 0 Å². The highest BCUT2D eigenvalue weighted by atomic mass is 16.5. The van der Waals surface area contributed by atoms with E-state index in [2.05, 4.69) is 22.1 Å². The van der Waals surface area contributed by atoms with Gasteiger partial charge >= 0.3 is 0 Å². The van der Waals surface area contributed by atoms with Crippen LogP contribution in [0.2, 0.25) is 0 Å². The average Bonchev–Trinajstić information content (AvgIpc) is 2.94. The summed E-state index contributed by atoms with van der Waals surface area (Å²) in [5.74, 6) is 2.20. The van der Waals surface area contributed by atoms with Crippen molar-refractivity contribution in [3.63, 3.8) is 0 Å². The molecule has 1 unspecified atom stereocenters. The molecule has 0 saturated carbocycles. The minimum atomic E-state index is 0.711. The fraction of sp³-hybridized carbons (Fsp3) is 0.667. The summed E-state index contributed by atoms with van der Waals surface area (Å²) in [7, 11) is 3.30. The molecule has 1 fully saturated rings. The van der Waals surface area contributed by atoms with E-state index in [0.29, 0.717) is 6.54 Å². The molecule has 0 aromatic carbocycles. The normalized spacial score (nSPS) is 19.2. The summed E-state index contributed by atoms with van der Waals surface area (Å²) in [5, 5.41) is 3.49. The van der Waals surface area contributed by atoms with E-state index in [9.17, 15) is 0 Å². The van der Waals surface area contributed by atoms with Gasteiger partial charge in [-0.1, -0.05) is 6.92 Å². The first-order valence-electron chi connectivity index (χ1n) is 7.27. The summed E-state index contributed by atoms with van der Waals surface area (Å²) in [4.78, 5) is 6.87. The standard InChI is InChI=1S/C15H25N3O2/c1-4-18-8-6-12(11-18)9-16-10-13-15(20-3)14(19-2)5-7-17-13/h5,7,12,16H,4,6,8-11H2,1-3H3. The van der Waals surface area contributed by atoms with Crippen molar-refractivity contribution < 1.29 is 9.47 Å². The summed E-state index contributed by atoms with van der Waals surface area (Å²) in [6.45, 7) is 7.54. The predicted octanol–water partition coefficient (Wildman–Crippen LogP) is 1.53. The molecule has 0 radical (unpaired) electrons. The number of rotatable bonds is 7. The number of aromatic nitrogens is 1. The van der Waals surface area contributed by atoms with Crippen LogP contribution >= 0.6 is 0 Å². The molecule has 2 rings (SSSR count). The SMILES string of the molecule is CCN1CCC(CNCc2nccc(OC)c2OC)C1. The third-order valence-corrected chi connectivity index (χ3v) is 3.91. The molecule has 0 bridgehead atoms. The highest BCUT2D eigenvalue weighted by molar-refractivity contribution is 5.42.